The van der Waals surface area contributed by atoms with Crippen LogP contribution in [0.3, 0.4) is 0 Å². The normalized spacial score (nSPS) is 12.3. The van der Waals surface area contributed by atoms with Crippen molar-refractivity contribution < 1.29 is 14.3 Å². The highest BCUT2D eigenvalue weighted by Gasteiger charge is 2.14. The average Bonchev–Trinajstić information content (AvgIpc) is 2.73. The molecule has 0 radical (unpaired) electrons. The van der Waals surface area contributed by atoms with Crippen molar-refractivity contribution in [2.75, 3.05) is 23.8 Å². The lowest BCUT2D eigenvalue weighted by atomic mass is 10.2. The molecule has 4 rings (SSSR count). The summed E-state index contributed by atoms with van der Waals surface area (Å²) in [7, 11) is 0. The fraction of sp³-hybridized carbons (Fsp3) is 0.150. The molecule has 0 saturated carbocycles. The van der Waals surface area contributed by atoms with Crippen molar-refractivity contribution in [3.63, 3.8) is 0 Å². The Morgan fingerprint density at radius 2 is 1.81 bits per heavy atom. The lowest BCUT2D eigenvalue weighted by Gasteiger charge is -2.18. The molecule has 7 nitrogen and oxygen atoms in total. The maximum absolute atomic E-state index is 12.4. The number of hydrogen-bond acceptors (Lipinski definition) is 6. The number of benzene rings is 1. The van der Waals surface area contributed by atoms with Crippen molar-refractivity contribution in [1.82, 2.24) is 9.97 Å². The first-order valence-corrected chi connectivity index (χ1v) is 8.59. The fourth-order valence-corrected chi connectivity index (χ4v) is 2.64. The Labute approximate surface area is 156 Å². The van der Waals surface area contributed by atoms with Crippen LogP contribution < -0.4 is 20.1 Å². The number of pyridine rings is 2. The van der Waals surface area contributed by atoms with E-state index in [1.165, 1.54) is 0 Å². The number of nitrogens with zero attached hydrogens (tertiary/aromatic N) is 2. The maximum Gasteiger partial charge on any atom is 0.274 e. The first-order chi connectivity index (χ1) is 13.3. The van der Waals surface area contributed by atoms with Gasteiger partial charge in [-0.15, -0.1) is 0 Å². The molecule has 0 fully saturated rings. The predicted octanol–water partition coefficient (Wildman–Crippen LogP) is 3.11. The van der Waals surface area contributed by atoms with E-state index in [9.17, 15) is 4.79 Å². The lowest BCUT2D eigenvalue weighted by molar-refractivity contribution is 0.102. The number of carbonyl (C=O) groups excluding carboxylic acids is 1. The van der Waals surface area contributed by atoms with E-state index in [4.69, 9.17) is 9.47 Å². The molecule has 0 spiro atoms. The second kappa shape index (κ2) is 7.74. The van der Waals surface area contributed by atoms with E-state index in [1.807, 2.05) is 24.3 Å². The van der Waals surface area contributed by atoms with Gasteiger partial charge in [0, 0.05) is 18.0 Å². The number of fused-ring (bicyclic) bond motifs is 1. The van der Waals surface area contributed by atoms with Gasteiger partial charge in [-0.05, 0) is 36.4 Å². The number of ether oxygens (including phenoxy) is 2. The lowest BCUT2D eigenvalue weighted by Crippen LogP contribution is -2.17. The minimum absolute atomic E-state index is 0.289. The molecule has 0 saturated heterocycles. The molecule has 3 heterocycles. The molecule has 0 aliphatic carbocycles. The maximum atomic E-state index is 12.4. The Morgan fingerprint density at radius 3 is 2.59 bits per heavy atom. The van der Waals surface area contributed by atoms with Gasteiger partial charge in [0.1, 0.15) is 18.9 Å². The first kappa shape index (κ1) is 16.8. The Kier molecular flexibility index (Phi) is 4.82. The molecular weight excluding hydrogens is 344 g/mol. The van der Waals surface area contributed by atoms with E-state index < -0.39 is 0 Å². The van der Waals surface area contributed by atoms with Crippen LogP contribution in [0.1, 0.15) is 16.2 Å². The molecule has 7 heteroatoms. The third kappa shape index (κ3) is 4.14. The zero-order valence-corrected chi connectivity index (χ0v) is 14.5. The molecule has 0 atom stereocenters. The molecule has 1 aliphatic heterocycles. The SMILES string of the molecule is O=C(Nc1ccc2c(c1)OCCO2)c1ccc(NCc2ccccn2)cn1. The van der Waals surface area contributed by atoms with Gasteiger partial charge in [0.05, 0.1) is 24.1 Å². The molecule has 27 heavy (non-hydrogen) atoms. The summed E-state index contributed by atoms with van der Waals surface area (Å²) in [5.41, 5.74) is 2.70. The van der Waals surface area contributed by atoms with Crippen LogP contribution in [0, 0.1) is 0 Å². The number of aromatic nitrogens is 2. The van der Waals surface area contributed by atoms with Crippen LogP contribution in [0.5, 0.6) is 11.5 Å². The van der Waals surface area contributed by atoms with Crippen LogP contribution in [-0.2, 0) is 6.54 Å². The van der Waals surface area contributed by atoms with E-state index >= 15 is 0 Å². The minimum Gasteiger partial charge on any atom is -0.486 e. The van der Waals surface area contributed by atoms with Gasteiger partial charge in [-0.1, -0.05) is 6.07 Å². The van der Waals surface area contributed by atoms with Crippen LogP contribution in [0.25, 0.3) is 0 Å². The first-order valence-electron chi connectivity index (χ1n) is 8.59. The van der Waals surface area contributed by atoms with Crippen molar-refractivity contribution in [2.45, 2.75) is 6.54 Å². The molecule has 1 aliphatic rings. The number of carbonyl (C=O) groups is 1. The molecule has 1 aromatic carbocycles. The van der Waals surface area contributed by atoms with Gasteiger partial charge in [0.15, 0.2) is 11.5 Å². The quantitative estimate of drug-likeness (QED) is 0.725. The second-order valence-corrected chi connectivity index (χ2v) is 5.92. The van der Waals surface area contributed by atoms with Crippen LogP contribution in [0.2, 0.25) is 0 Å². The van der Waals surface area contributed by atoms with Gasteiger partial charge in [0.2, 0.25) is 0 Å². The second-order valence-electron chi connectivity index (χ2n) is 5.92. The van der Waals surface area contributed by atoms with E-state index in [1.54, 1.807) is 36.7 Å². The van der Waals surface area contributed by atoms with Crippen LogP contribution in [0.4, 0.5) is 11.4 Å². The smallest absolute Gasteiger partial charge is 0.274 e. The van der Waals surface area contributed by atoms with Crippen molar-refractivity contribution >= 4 is 17.3 Å². The zero-order chi connectivity index (χ0) is 18.5. The summed E-state index contributed by atoms with van der Waals surface area (Å²) in [5, 5.41) is 6.04. The Hall–Kier alpha value is -3.61. The minimum atomic E-state index is -0.289. The molecule has 1 amide bonds. The van der Waals surface area contributed by atoms with Crippen molar-refractivity contribution in [2.24, 2.45) is 0 Å². The van der Waals surface area contributed by atoms with Crippen LogP contribution >= 0.6 is 0 Å². The monoisotopic (exact) mass is 362 g/mol. The van der Waals surface area contributed by atoms with Gasteiger partial charge >= 0.3 is 0 Å². The topological polar surface area (TPSA) is 85.4 Å². The van der Waals surface area contributed by atoms with Gasteiger partial charge in [-0.3, -0.25) is 9.78 Å². The molecule has 136 valence electrons. The number of rotatable bonds is 5. The van der Waals surface area contributed by atoms with E-state index in [2.05, 4.69) is 20.6 Å². The zero-order valence-electron chi connectivity index (χ0n) is 14.5. The summed E-state index contributed by atoms with van der Waals surface area (Å²) in [6.07, 6.45) is 3.38. The predicted molar refractivity (Wildman–Crippen MR) is 101 cm³/mol. The summed E-state index contributed by atoms with van der Waals surface area (Å²) < 4.78 is 11.0. The third-order valence-corrected chi connectivity index (χ3v) is 4.00. The molecule has 0 unspecified atom stereocenters. The number of hydrogen-bond donors (Lipinski definition) is 2. The highest BCUT2D eigenvalue weighted by molar-refractivity contribution is 6.03. The molecule has 0 bridgehead atoms. The van der Waals surface area contributed by atoms with Crippen LogP contribution in [-0.4, -0.2) is 29.1 Å². The average molecular weight is 362 g/mol. The molecular formula is C20H18N4O3. The van der Waals surface area contributed by atoms with Crippen molar-refractivity contribution in [1.29, 1.82) is 0 Å². The summed E-state index contributed by atoms with van der Waals surface area (Å²) in [6, 6.07) is 14.5. The Bertz CT molecular complexity index is 930. The number of amides is 1. The Balaban J connectivity index is 1.37. The van der Waals surface area contributed by atoms with E-state index in [-0.39, 0.29) is 5.91 Å². The third-order valence-electron chi connectivity index (χ3n) is 4.00. The Morgan fingerprint density at radius 1 is 0.963 bits per heavy atom. The molecule has 3 aromatic rings. The summed E-state index contributed by atoms with van der Waals surface area (Å²) in [6.45, 7) is 1.62. The largest absolute Gasteiger partial charge is 0.486 e. The van der Waals surface area contributed by atoms with E-state index in [0.717, 1.165) is 11.4 Å². The van der Waals surface area contributed by atoms with E-state index in [0.29, 0.717) is 42.6 Å². The molecule has 2 aromatic heterocycles. The van der Waals surface area contributed by atoms with Crippen LogP contribution in [0.15, 0.2) is 60.9 Å². The fourth-order valence-electron chi connectivity index (χ4n) is 2.64. The van der Waals surface area contributed by atoms with Gasteiger partial charge in [-0.25, -0.2) is 4.98 Å². The number of nitrogens with one attached hydrogen (secondary N) is 2. The highest BCUT2D eigenvalue weighted by atomic mass is 16.6. The highest BCUT2D eigenvalue weighted by Crippen LogP contribution is 2.32. The van der Waals surface area contributed by atoms with Gasteiger partial charge in [-0.2, -0.15) is 0 Å². The summed E-state index contributed by atoms with van der Waals surface area (Å²) in [5.74, 6) is 1.02. The summed E-state index contributed by atoms with van der Waals surface area (Å²) in [4.78, 5) is 20.9. The van der Waals surface area contributed by atoms with Gasteiger partial charge < -0.3 is 20.1 Å². The van der Waals surface area contributed by atoms with Crippen molar-refractivity contribution in [3.8, 4) is 11.5 Å². The number of anilines is 2. The summed E-state index contributed by atoms with van der Waals surface area (Å²) >= 11 is 0. The van der Waals surface area contributed by atoms with Crippen molar-refractivity contribution in [3.05, 3.63) is 72.3 Å². The molecule has 2 N–H and O–H groups in total. The van der Waals surface area contributed by atoms with Gasteiger partial charge in [0.25, 0.3) is 5.91 Å². The standard InChI is InChI=1S/C20H18N4O3/c25-20(24-14-5-7-18-19(11-14)27-10-9-26-18)17-6-4-16(13-23-17)22-12-15-3-1-2-8-21-15/h1-8,11,13,22H,9-10,12H2,(H,24,25).